The lowest BCUT2D eigenvalue weighted by Gasteiger charge is -2.19. The molecule has 1 saturated heterocycles. The zero-order valence-electron chi connectivity index (χ0n) is 9.73. The van der Waals surface area contributed by atoms with Crippen LogP contribution in [-0.4, -0.2) is 29.6 Å². The third-order valence-corrected chi connectivity index (χ3v) is 3.12. The predicted octanol–water partition coefficient (Wildman–Crippen LogP) is 2.82. The van der Waals surface area contributed by atoms with Crippen molar-refractivity contribution in [3.63, 3.8) is 0 Å². The molecule has 1 aliphatic rings. The Labute approximate surface area is 101 Å². The maximum absolute atomic E-state index is 14.2. The molecule has 2 nitrogen and oxygen atoms in total. The Balaban J connectivity index is 2.06. The fourth-order valence-electron chi connectivity index (χ4n) is 2.20. The third kappa shape index (κ3) is 2.54. The molecular weight excluding hydrogens is 217 g/mol. The summed E-state index contributed by atoms with van der Waals surface area (Å²) in [7, 11) is 0. The first-order valence-electron chi connectivity index (χ1n) is 5.79. The van der Waals surface area contributed by atoms with E-state index in [9.17, 15) is 9.18 Å². The minimum Gasteiger partial charge on any atom is -0.335 e. The van der Waals surface area contributed by atoms with E-state index in [1.165, 1.54) is 0 Å². The highest BCUT2D eigenvalue weighted by atomic mass is 19.1. The number of rotatable bonds is 3. The van der Waals surface area contributed by atoms with Gasteiger partial charge in [-0.3, -0.25) is 4.79 Å². The van der Waals surface area contributed by atoms with E-state index in [1.807, 2.05) is 18.2 Å². The molecule has 1 aliphatic heterocycles. The number of hydrogen-bond donors (Lipinski definition) is 0. The second-order valence-corrected chi connectivity index (χ2v) is 4.49. The van der Waals surface area contributed by atoms with Crippen LogP contribution in [0.15, 0.2) is 43.0 Å². The number of hydrogen-bond acceptors (Lipinski definition) is 1. The maximum atomic E-state index is 14.2. The topological polar surface area (TPSA) is 20.3 Å². The van der Waals surface area contributed by atoms with Crippen LogP contribution >= 0.6 is 0 Å². The number of carbonyl (C=O) groups excluding carboxylic acids is 1. The van der Waals surface area contributed by atoms with Crippen molar-refractivity contribution in [1.29, 1.82) is 0 Å². The van der Waals surface area contributed by atoms with E-state index < -0.39 is 5.67 Å². The molecule has 0 aromatic heterocycles. The number of benzene rings is 1. The van der Waals surface area contributed by atoms with Crippen LogP contribution in [0.3, 0.4) is 0 Å². The van der Waals surface area contributed by atoms with Crippen LogP contribution in [-0.2, 0) is 0 Å². The van der Waals surface area contributed by atoms with E-state index >= 15 is 0 Å². The first-order chi connectivity index (χ1) is 8.14. The van der Waals surface area contributed by atoms with Crippen LogP contribution in [0.25, 0.3) is 0 Å². The molecule has 3 heteroatoms. The lowest BCUT2D eigenvalue weighted by Crippen LogP contribution is -2.33. The van der Waals surface area contributed by atoms with Gasteiger partial charge in [0.25, 0.3) is 5.91 Å². The summed E-state index contributed by atoms with van der Waals surface area (Å²) in [6, 6.07) is 9.01. The highest BCUT2D eigenvalue weighted by Crippen LogP contribution is 2.30. The monoisotopic (exact) mass is 233 g/mol. The van der Waals surface area contributed by atoms with Crippen molar-refractivity contribution in [2.45, 2.75) is 18.5 Å². The molecule has 0 aliphatic carbocycles. The van der Waals surface area contributed by atoms with E-state index in [1.54, 1.807) is 23.1 Å². The first-order valence-corrected chi connectivity index (χ1v) is 5.79. The standard InChI is InChI=1S/C14H16FNO/c1-2-8-14(15)9-10-16(11-14)13(17)12-6-4-3-5-7-12/h2-7H,1,8-11H2. The van der Waals surface area contributed by atoms with E-state index in [-0.39, 0.29) is 12.5 Å². The second-order valence-electron chi connectivity index (χ2n) is 4.49. The van der Waals surface area contributed by atoms with Crippen molar-refractivity contribution in [3.05, 3.63) is 48.6 Å². The van der Waals surface area contributed by atoms with Crippen molar-refractivity contribution < 1.29 is 9.18 Å². The number of amides is 1. The third-order valence-electron chi connectivity index (χ3n) is 3.12. The average Bonchev–Trinajstić information content (AvgIpc) is 2.72. The van der Waals surface area contributed by atoms with Crippen LogP contribution in [0.4, 0.5) is 4.39 Å². The fourth-order valence-corrected chi connectivity index (χ4v) is 2.20. The average molecular weight is 233 g/mol. The summed E-state index contributed by atoms with van der Waals surface area (Å²) < 4.78 is 14.2. The molecule has 1 aromatic rings. The minimum atomic E-state index is -1.29. The zero-order valence-corrected chi connectivity index (χ0v) is 9.73. The van der Waals surface area contributed by atoms with Gasteiger partial charge >= 0.3 is 0 Å². The quantitative estimate of drug-likeness (QED) is 0.735. The highest BCUT2D eigenvalue weighted by Gasteiger charge is 2.39. The van der Waals surface area contributed by atoms with Gasteiger partial charge in [0.15, 0.2) is 0 Å². The second kappa shape index (κ2) is 4.70. The summed E-state index contributed by atoms with van der Waals surface area (Å²) in [5.74, 6) is -0.0887. The predicted molar refractivity (Wildman–Crippen MR) is 65.6 cm³/mol. The number of halogens is 1. The smallest absolute Gasteiger partial charge is 0.253 e. The number of allylic oxidation sites excluding steroid dienone is 1. The first kappa shape index (κ1) is 11.8. The lowest BCUT2D eigenvalue weighted by molar-refractivity contribution is 0.0753. The van der Waals surface area contributed by atoms with Crippen molar-refractivity contribution in [3.8, 4) is 0 Å². The van der Waals surface area contributed by atoms with Gasteiger partial charge in [-0.25, -0.2) is 4.39 Å². The summed E-state index contributed by atoms with van der Waals surface area (Å²) in [6.07, 6.45) is 2.29. The van der Waals surface area contributed by atoms with Gasteiger partial charge in [0.2, 0.25) is 0 Å². The molecule has 0 spiro atoms. The number of alkyl halides is 1. The molecule has 0 bridgehead atoms. The number of likely N-dealkylation sites (tertiary alicyclic amines) is 1. The number of nitrogens with zero attached hydrogens (tertiary/aromatic N) is 1. The Morgan fingerprint density at radius 2 is 2.18 bits per heavy atom. The lowest BCUT2D eigenvalue weighted by atomic mass is 10.0. The van der Waals surface area contributed by atoms with E-state index in [0.29, 0.717) is 24.9 Å². The largest absolute Gasteiger partial charge is 0.335 e. The van der Waals surface area contributed by atoms with Gasteiger partial charge in [0.05, 0.1) is 6.54 Å². The molecule has 17 heavy (non-hydrogen) atoms. The van der Waals surface area contributed by atoms with Crippen molar-refractivity contribution in [1.82, 2.24) is 4.90 Å². The van der Waals surface area contributed by atoms with E-state index in [4.69, 9.17) is 0 Å². The Hall–Kier alpha value is -1.64. The van der Waals surface area contributed by atoms with Gasteiger partial charge in [-0.15, -0.1) is 6.58 Å². The van der Waals surface area contributed by atoms with Gasteiger partial charge in [-0.05, 0) is 12.1 Å². The molecule has 1 unspecified atom stereocenters. The highest BCUT2D eigenvalue weighted by molar-refractivity contribution is 5.94. The van der Waals surface area contributed by atoms with Crippen molar-refractivity contribution in [2.75, 3.05) is 13.1 Å². The molecule has 1 amide bonds. The van der Waals surface area contributed by atoms with Crippen LogP contribution in [0.2, 0.25) is 0 Å². The van der Waals surface area contributed by atoms with Gasteiger partial charge in [-0.1, -0.05) is 24.3 Å². The SMILES string of the molecule is C=CCC1(F)CCN(C(=O)c2ccccc2)C1. The molecule has 0 radical (unpaired) electrons. The van der Waals surface area contributed by atoms with Crippen LogP contribution in [0, 0.1) is 0 Å². The summed E-state index contributed by atoms with van der Waals surface area (Å²) in [5.41, 5.74) is -0.665. The van der Waals surface area contributed by atoms with Gasteiger partial charge in [0.1, 0.15) is 5.67 Å². The molecular formula is C14H16FNO. The normalized spacial score (nSPS) is 23.7. The Morgan fingerprint density at radius 1 is 1.47 bits per heavy atom. The maximum Gasteiger partial charge on any atom is 0.253 e. The summed E-state index contributed by atoms with van der Waals surface area (Å²) in [6.45, 7) is 4.21. The molecule has 0 N–H and O–H groups in total. The Morgan fingerprint density at radius 3 is 2.82 bits per heavy atom. The molecule has 1 heterocycles. The zero-order chi connectivity index (χ0) is 12.3. The fraction of sp³-hybridized carbons (Fsp3) is 0.357. The molecule has 0 saturated carbocycles. The summed E-state index contributed by atoms with van der Waals surface area (Å²) >= 11 is 0. The summed E-state index contributed by atoms with van der Waals surface area (Å²) in [4.78, 5) is 13.7. The van der Waals surface area contributed by atoms with Crippen LogP contribution in [0.5, 0.6) is 0 Å². The molecule has 1 atom stereocenters. The summed E-state index contributed by atoms with van der Waals surface area (Å²) in [5, 5.41) is 0. The van der Waals surface area contributed by atoms with Crippen molar-refractivity contribution in [2.24, 2.45) is 0 Å². The molecule has 1 aromatic carbocycles. The van der Waals surface area contributed by atoms with Crippen molar-refractivity contribution >= 4 is 5.91 Å². The molecule has 90 valence electrons. The Bertz CT molecular complexity index is 417. The Kier molecular flexibility index (Phi) is 3.27. The molecule has 2 rings (SSSR count). The van der Waals surface area contributed by atoms with E-state index in [2.05, 4.69) is 6.58 Å². The minimum absolute atomic E-state index is 0.0887. The number of carbonyl (C=O) groups is 1. The van der Waals surface area contributed by atoms with E-state index in [0.717, 1.165) is 0 Å². The van der Waals surface area contributed by atoms with Gasteiger partial charge in [0, 0.05) is 24.9 Å². The van der Waals surface area contributed by atoms with Gasteiger partial charge < -0.3 is 4.90 Å². The molecule has 1 fully saturated rings. The van der Waals surface area contributed by atoms with Gasteiger partial charge in [-0.2, -0.15) is 0 Å². The van der Waals surface area contributed by atoms with Crippen LogP contribution < -0.4 is 0 Å². The van der Waals surface area contributed by atoms with Crippen LogP contribution in [0.1, 0.15) is 23.2 Å².